The molecule has 0 aliphatic rings. The van der Waals surface area contributed by atoms with Crippen molar-refractivity contribution in [3.05, 3.63) is 83.2 Å². The van der Waals surface area contributed by atoms with Crippen LogP contribution in [0.3, 0.4) is 0 Å². The Morgan fingerprint density at radius 1 is 0.321 bits per heavy atom. The van der Waals surface area contributed by atoms with Crippen LogP contribution < -0.4 is 42.5 Å². The Balaban J connectivity index is 1.07. The fourth-order valence-electron chi connectivity index (χ4n) is 14.9. The number of carbonyl (C=O) groups is 8. The molecule has 1 heterocycles. The third kappa shape index (κ3) is 55.3. The molecule has 0 radical (unpaired) electrons. The van der Waals surface area contributed by atoms with Crippen molar-refractivity contribution in [3.8, 4) is 34.5 Å². The first-order valence-corrected chi connectivity index (χ1v) is 49.7. The summed E-state index contributed by atoms with van der Waals surface area (Å²) in [5, 5.41) is 92.4. The molecular formula is C97H166N14O29+2. The van der Waals surface area contributed by atoms with Gasteiger partial charge in [0.1, 0.15) is 0 Å². The smallest absolute Gasteiger partial charge is 0.255 e. The molecule has 0 aliphatic heterocycles. The number of hydrogen-bond donors (Lipinski definition) is 14. The molecule has 4 aromatic rings. The number of carbonyl (C=O) groups excluding carboxylic acids is 8. The quantitative estimate of drug-likeness (QED) is 0.0169. The monoisotopic (exact) mass is 1990 g/mol. The first kappa shape index (κ1) is 123. The molecule has 140 heavy (non-hydrogen) atoms. The lowest BCUT2D eigenvalue weighted by Crippen LogP contribution is -2.48. The summed E-state index contributed by atoms with van der Waals surface area (Å²) in [5.74, 6) is -5.92. The van der Waals surface area contributed by atoms with Crippen molar-refractivity contribution >= 4 is 47.3 Å². The molecule has 43 nitrogen and oxygen atoms in total. The van der Waals surface area contributed by atoms with Crippen LogP contribution in [0.1, 0.15) is 155 Å². The van der Waals surface area contributed by atoms with Crippen LogP contribution in [0.15, 0.2) is 60.8 Å². The maximum Gasteiger partial charge on any atom is 0.255 e. The highest BCUT2D eigenvalue weighted by atomic mass is 16.6. The van der Waals surface area contributed by atoms with Crippen molar-refractivity contribution in [2.45, 2.75) is 132 Å². The summed E-state index contributed by atoms with van der Waals surface area (Å²) in [6.07, 6.45) is 5.96. The molecule has 0 saturated heterocycles. The van der Waals surface area contributed by atoms with E-state index in [0.29, 0.717) is 243 Å². The zero-order chi connectivity index (χ0) is 102. The van der Waals surface area contributed by atoms with Gasteiger partial charge in [0.15, 0.2) is 34.5 Å². The number of phenols is 6. The van der Waals surface area contributed by atoms with Crippen molar-refractivity contribution in [1.82, 2.24) is 62.4 Å². The predicted molar refractivity (Wildman–Crippen MR) is 520 cm³/mol. The number of nitrogens with one attached hydrogen (secondary N) is 8. The van der Waals surface area contributed by atoms with E-state index in [1.54, 1.807) is 4.68 Å². The molecular weight excluding hydrogens is 1830 g/mol. The molecule has 796 valence electrons. The van der Waals surface area contributed by atoms with E-state index >= 15 is 0 Å². The topological polar surface area (TPSA) is 527 Å². The highest BCUT2D eigenvalue weighted by Crippen LogP contribution is 2.37. The van der Waals surface area contributed by atoms with Crippen LogP contribution in [0.25, 0.3) is 0 Å². The van der Waals surface area contributed by atoms with E-state index in [4.69, 9.17) is 71.1 Å². The summed E-state index contributed by atoms with van der Waals surface area (Å²) < 4.78 is 88.5. The third-order valence-electron chi connectivity index (χ3n) is 23.7. The maximum absolute atomic E-state index is 14.5. The molecule has 1 aromatic heterocycles. The van der Waals surface area contributed by atoms with E-state index in [1.807, 2.05) is 11.1 Å². The van der Waals surface area contributed by atoms with Crippen molar-refractivity contribution in [3.63, 3.8) is 0 Å². The Morgan fingerprint density at radius 2 is 0.586 bits per heavy atom. The minimum absolute atomic E-state index is 0.0106. The van der Waals surface area contributed by atoms with Crippen LogP contribution in [0.2, 0.25) is 0 Å². The summed E-state index contributed by atoms with van der Waals surface area (Å²) in [4.78, 5) is 106. The van der Waals surface area contributed by atoms with Crippen molar-refractivity contribution < 1.29 is 149 Å². The van der Waals surface area contributed by atoms with Crippen LogP contribution in [0, 0.1) is 5.41 Å². The SMILES string of the molecule is CC[N+](CC)(CC)CCCNC(=O)CCOCCOCCOCCOCCNC(=O)CCN(CCC(=O)NCCOCCOCCOCCOCCC(=O)NCCC[N+](CC)(CC)CC)Cc1cn(CCOCCOCCOCCOCCOCCOCCOCCNC(=O)C(CCCNC(=O)c2cccc(O)c2O)(CCCNC(=O)c2cccc(O)c2O)CCCNC(=O)c2cccc(O)c2O)nn1. The van der Waals surface area contributed by atoms with E-state index in [0.717, 1.165) is 74.2 Å². The second-order valence-electron chi connectivity index (χ2n) is 33.2. The van der Waals surface area contributed by atoms with Gasteiger partial charge in [0.2, 0.25) is 29.5 Å². The predicted octanol–water partition coefficient (Wildman–Crippen LogP) is 3.85. The minimum atomic E-state index is -1.17. The maximum atomic E-state index is 14.5. The van der Waals surface area contributed by atoms with Gasteiger partial charge in [-0.3, -0.25) is 43.3 Å². The summed E-state index contributed by atoms with van der Waals surface area (Å²) in [5.41, 5.74) is -0.976. The van der Waals surface area contributed by atoms with E-state index in [-0.39, 0.29) is 150 Å². The second kappa shape index (κ2) is 78.2. The number of amides is 8. The van der Waals surface area contributed by atoms with E-state index in [1.165, 1.54) is 54.6 Å². The number of ether oxygens (including phenoxy) is 15. The van der Waals surface area contributed by atoms with Crippen LogP contribution in [0.5, 0.6) is 34.5 Å². The van der Waals surface area contributed by atoms with Crippen molar-refractivity contribution in [2.75, 3.05) is 316 Å². The van der Waals surface area contributed by atoms with Gasteiger partial charge in [-0.05, 0) is 116 Å². The highest BCUT2D eigenvalue weighted by Gasteiger charge is 2.37. The van der Waals surface area contributed by atoms with Gasteiger partial charge in [0, 0.05) is 122 Å². The summed E-state index contributed by atoms with van der Waals surface area (Å²) >= 11 is 0. The average Bonchev–Trinajstić information content (AvgIpc) is 0.884. The van der Waals surface area contributed by atoms with Crippen molar-refractivity contribution in [1.29, 1.82) is 0 Å². The van der Waals surface area contributed by atoms with Gasteiger partial charge in [0.25, 0.3) is 17.7 Å². The standard InChI is InChI=1S/C97H164N14O29/c1-7-110(8-2,9-3)45-19-37-98-88(117)29-47-126-53-59-132-65-67-134-61-55-128-49-39-100-86(115)27-42-108(43-28-87(116)101-40-50-129-56-62-135-68-66-133-60-54-127-48-30-89(118)99-38-20-46-111(10-4,11-5)12-6)77-79-78-109(107-106-79)44-52-131-58-64-137-70-72-139-74-76-140-75-73-138-71-69-136-63-57-130-51-41-105-96(125)97(31-16-34-102-93(122)80-21-13-24-83(112)90(80)119,32-17-35-103-94(123)81-22-14-25-84(113)91(81)120)33-18-36-104-95(124)82-23-15-26-85(114)92(82)121/h13-15,21-26,78H,7-12,16-20,27-77H2,1-6H3,(H12-2,98,99,100,101,102,103,104,105,106,107,112,113,114,115,116,117,118,119,120,121,122,123,124,125)/p+2. The Bertz CT molecular complexity index is 3710. The molecule has 3 aromatic carbocycles. The molecule has 0 atom stereocenters. The van der Waals surface area contributed by atoms with Gasteiger partial charge < -0.3 is 153 Å². The number of benzene rings is 3. The van der Waals surface area contributed by atoms with Gasteiger partial charge in [-0.15, -0.1) is 5.10 Å². The van der Waals surface area contributed by atoms with Crippen LogP contribution in [-0.4, -0.2) is 423 Å². The number of hydrogen-bond acceptors (Lipinski definition) is 32. The zero-order valence-corrected chi connectivity index (χ0v) is 83.9. The number of nitrogens with zero attached hydrogens (tertiary/aromatic N) is 6. The van der Waals surface area contributed by atoms with E-state index in [9.17, 15) is 69.0 Å². The number of phenolic OH excluding ortho intramolecular Hbond substituents is 6. The third-order valence-corrected chi connectivity index (χ3v) is 23.7. The van der Waals surface area contributed by atoms with Crippen LogP contribution in [0.4, 0.5) is 0 Å². The molecule has 0 bridgehead atoms. The summed E-state index contributed by atoms with van der Waals surface area (Å²) in [6.45, 7) is 35.6. The number of rotatable bonds is 92. The number of aromatic nitrogens is 3. The molecule has 4 rings (SSSR count). The minimum Gasteiger partial charge on any atom is -0.504 e. The van der Waals surface area contributed by atoms with Gasteiger partial charge in [0.05, 0.1) is 279 Å². The van der Waals surface area contributed by atoms with Gasteiger partial charge in [-0.2, -0.15) is 0 Å². The number of para-hydroxylation sites is 3. The van der Waals surface area contributed by atoms with Crippen molar-refractivity contribution in [2.24, 2.45) is 5.41 Å². The Kier molecular flexibility index (Phi) is 68.7. The second-order valence-corrected chi connectivity index (χ2v) is 33.2. The Morgan fingerprint density at radius 3 is 0.893 bits per heavy atom. The first-order chi connectivity index (χ1) is 68.0. The fourth-order valence-corrected chi connectivity index (χ4v) is 14.9. The Hall–Kier alpha value is -9.36. The number of quaternary nitrogens is 2. The molecule has 0 fully saturated rings. The lowest BCUT2D eigenvalue weighted by atomic mass is 9.74. The van der Waals surface area contributed by atoms with Gasteiger partial charge in [-0.1, -0.05) is 23.4 Å². The van der Waals surface area contributed by atoms with Crippen LogP contribution >= 0.6 is 0 Å². The van der Waals surface area contributed by atoms with E-state index in [2.05, 4.69) is 94.4 Å². The normalized spacial score (nSPS) is 11.7. The molecule has 0 saturated carbocycles. The Labute approximate surface area is 825 Å². The molecule has 0 unspecified atom stereocenters. The van der Waals surface area contributed by atoms with Gasteiger partial charge >= 0.3 is 0 Å². The average molecular weight is 1990 g/mol. The fraction of sp³-hybridized carbons (Fsp3) is 0.711. The summed E-state index contributed by atoms with van der Waals surface area (Å²) in [7, 11) is 0. The molecule has 0 aliphatic carbocycles. The van der Waals surface area contributed by atoms with Gasteiger partial charge in [-0.25, -0.2) is 4.68 Å². The molecule has 14 N–H and O–H groups in total. The molecule has 0 spiro atoms. The zero-order valence-electron chi connectivity index (χ0n) is 83.9. The summed E-state index contributed by atoms with van der Waals surface area (Å²) in [6, 6.07) is 12.0. The largest absolute Gasteiger partial charge is 0.504 e. The first-order valence-electron chi connectivity index (χ1n) is 49.7. The molecule has 43 heteroatoms. The van der Waals surface area contributed by atoms with E-state index < -0.39 is 57.6 Å². The highest BCUT2D eigenvalue weighted by molar-refractivity contribution is 5.99. The lowest BCUT2D eigenvalue weighted by molar-refractivity contribution is -0.923. The lowest BCUT2D eigenvalue weighted by Gasteiger charge is -2.35. The number of aromatic hydroxyl groups is 6. The molecule has 8 amide bonds. The van der Waals surface area contributed by atoms with Crippen LogP contribution in [-0.2, 0) is 108 Å².